The zero-order chi connectivity index (χ0) is 20.8. The van der Waals surface area contributed by atoms with Gasteiger partial charge in [-0.2, -0.15) is 5.10 Å². The fourth-order valence-electron chi connectivity index (χ4n) is 3.31. The molecule has 0 radical (unpaired) electrons. The molecule has 5 heteroatoms. The number of halogens is 1. The maximum atomic E-state index is 13.2. The zero-order valence-electron chi connectivity index (χ0n) is 16.8. The molecular formula is C24H25FN2O2. The van der Waals surface area contributed by atoms with Gasteiger partial charge < -0.3 is 9.47 Å². The minimum Gasteiger partial charge on any atom is -0.497 e. The number of nitrogens with zero attached hydrogens (tertiary/aromatic N) is 2. The Balaban J connectivity index is 1.95. The van der Waals surface area contributed by atoms with Gasteiger partial charge in [-0.1, -0.05) is 31.4 Å². The van der Waals surface area contributed by atoms with E-state index < -0.39 is 0 Å². The predicted octanol–water partition coefficient (Wildman–Crippen LogP) is 5.78. The largest absolute Gasteiger partial charge is 0.497 e. The molecule has 150 valence electrons. The van der Waals surface area contributed by atoms with Crippen molar-refractivity contribution < 1.29 is 13.9 Å². The number of fused-ring (bicyclic) bond motifs is 1. The smallest absolute Gasteiger partial charge is 0.142 e. The van der Waals surface area contributed by atoms with Crippen LogP contribution in [0.3, 0.4) is 0 Å². The molecule has 29 heavy (non-hydrogen) atoms. The van der Waals surface area contributed by atoms with Gasteiger partial charge >= 0.3 is 0 Å². The van der Waals surface area contributed by atoms with Gasteiger partial charge in [0.05, 0.1) is 18.5 Å². The summed E-state index contributed by atoms with van der Waals surface area (Å²) < 4.78 is 26.6. The van der Waals surface area contributed by atoms with Crippen LogP contribution in [0.5, 0.6) is 5.75 Å². The first-order valence-electron chi connectivity index (χ1n) is 9.47. The predicted molar refractivity (Wildman–Crippen MR) is 114 cm³/mol. The van der Waals surface area contributed by atoms with Crippen LogP contribution in [0, 0.1) is 5.82 Å². The molecule has 1 aliphatic rings. The summed E-state index contributed by atoms with van der Waals surface area (Å²) in [5.41, 5.74) is 3.65. The molecule has 2 heterocycles. The number of rotatable bonds is 8. The minimum atomic E-state index is -0.282. The molecule has 0 saturated heterocycles. The highest BCUT2D eigenvalue weighted by Crippen LogP contribution is 2.34. The lowest BCUT2D eigenvalue weighted by atomic mass is 10.0. The van der Waals surface area contributed by atoms with Crippen molar-refractivity contribution in [2.75, 3.05) is 7.11 Å². The molecular weight excluding hydrogens is 367 g/mol. The third-order valence-electron chi connectivity index (χ3n) is 4.76. The first kappa shape index (κ1) is 20.4. The first-order valence-corrected chi connectivity index (χ1v) is 9.47. The van der Waals surface area contributed by atoms with Gasteiger partial charge in [0.25, 0.3) is 0 Å². The Hall–Kier alpha value is -3.34. The Morgan fingerprint density at radius 2 is 2.03 bits per heavy atom. The Bertz CT molecular complexity index is 981. The van der Waals surface area contributed by atoms with E-state index in [1.807, 2.05) is 29.8 Å². The normalized spacial score (nSPS) is 17.1. The van der Waals surface area contributed by atoms with Crippen LogP contribution in [0.1, 0.15) is 30.8 Å². The van der Waals surface area contributed by atoms with E-state index >= 15 is 0 Å². The SMILES string of the molecule is C=CC=C(/C=C(\C(C=C)=C/C)c1cc2n(n1)CC[C@H]2Oc1ccc(F)cc1)OC. The summed E-state index contributed by atoms with van der Waals surface area (Å²) in [6.45, 7) is 10.4. The first-order chi connectivity index (χ1) is 14.1. The second-order valence-electron chi connectivity index (χ2n) is 6.54. The van der Waals surface area contributed by atoms with Crippen molar-refractivity contribution in [3.8, 4) is 5.75 Å². The molecule has 0 fully saturated rings. The van der Waals surface area contributed by atoms with Gasteiger partial charge in [-0.3, -0.25) is 4.68 Å². The Labute approximate surface area is 171 Å². The fourth-order valence-corrected chi connectivity index (χ4v) is 3.31. The molecule has 1 aromatic heterocycles. The Kier molecular flexibility index (Phi) is 6.50. The van der Waals surface area contributed by atoms with Gasteiger partial charge in [0.15, 0.2) is 0 Å². The van der Waals surface area contributed by atoms with E-state index in [0.29, 0.717) is 11.5 Å². The van der Waals surface area contributed by atoms with Crippen LogP contribution >= 0.6 is 0 Å². The summed E-state index contributed by atoms with van der Waals surface area (Å²) in [6, 6.07) is 8.10. The van der Waals surface area contributed by atoms with E-state index in [1.54, 1.807) is 37.5 Å². The standard InChI is InChI=1S/C24H25FN2O2/c1-5-8-20(28-4)15-21(17(6-2)7-3)22-16-23-24(13-14-27(23)26-22)29-19-11-9-18(25)10-12-19/h5-12,15-16,24H,1-2,13-14H2,3-4H3/b17-7-,20-8?,21-15+/t24-/m1/s1. The zero-order valence-corrected chi connectivity index (χ0v) is 16.8. The van der Waals surface area contributed by atoms with Crippen molar-refractivity contribution in [3.63, 3.8) is 0 Å². The summed E-state index contributed by atoms with van der Waals surface area (Å²) in [6.07, 6.45) is 9.85. The van der Waals surface area contributed by atoms with Gasteiger partial charge in [-0.05, 0) is 55.0 Å². The summed E-state index contributed by atoms with van der Waals surface area (Å²) in [5, 5.41) is 4.77. The maximum absolute atomic E-state index is 13.2. The van der Waals surface area contributed by atoms with Crippen LogP contribution in [0.15, 0.2) is 85.2 Å². The molecule has 1 atom stereocenters. The van der Waals surface area contributed by atoms with Gasteiger partial charge in [0, 0.05) is 18.5 Å². The van der Waals surface area contributed by atoms with Gasteiger partial charge in [0.1, 0.15) is 23.4 Å². The third kappa shape index (κ3) is 4.57. The topological polar surface area (TPSA) is 36.3 Å². The van der Waals surface area contributed by atoms with Crippen molar-refractivity contribution in [1.29, 1.82) is 0 Å². The van der Waals surface area contributed by atoms with Crippen molar-refractivity contribution in [2.24, 2.45) is 0 Å². The molecule has 1 aliphatic heterocycles. The van der Waals surface area contributed by atoms with Crippen molar-refractivity contribution in [3.05, 3.63) is 102 Å². The number of hydrogen-bond acceptors (Lipinski definition) is 3. The molecule has 0 spiro atoms. The van der Waals surface area contributed by atoms with E-state index in [1.165, 1.54) is 12.1 Å². The highest BCUT2D eigenvalue weighted by atomic mass is 19.1. The van der Waals surface area contributed by atoms with Crippen LogP contribution < -0.4 is 4.74 Å². The number of methoxy groups -OCH3 is 1. The molecule has 0 bridgehead atoms. The second-order valence-corrected chi connectivity index (χ2v) is 6.54. The van der Waals surface area contributed by atoms with Crippen molar-refractivity contribution in [2.45, 2.75) is 26.0 Å². The van der Waals surface area contributed by atoms with Gasteiger partial charge in [0.2, 0.25) is 0 Å². The molecule has 0 N–H and O–H groups in total. The van der Waals surface area contributed by atoms with Crippen LogP contribution in [0.2, 0.25) is 0 Å². The van der Waals surface area contributed by atoms with E-state index in [2.05, 4.69) is 13.2 Å². The van der Waals surface area contributed by atoms with E-state index in [9.17, 15) is 4.39 Å². The monoisotopic (exact) mass is 392 g/mol. The lowest BCUT2D eigenvalue weighted by Crippen LogP contribution is -2.03. The molecule has 0 saturated carbocycles. The maximum Gasteiger partial charge on any atom is 0.142 e. The van der Waals surface area contributed by atoms with Crippen LogP contribution in [-0.4, -0.2) is 16.9 Å². The van der Waals surface area contributed by atoms with Crippen molar-refractivity contribution >= 4 is 5.57 Å². The third-order valence-corrected chi connectivity index (χ3v) is 4.76. The highest BCUT2D eigenvalue weighted by molar-refractivity contribution is 5.81. The average molecular weight is 392 g/mol. The minimum absolute atomic E-state index is 0.133. The lowest BCUT2D eigenvalue weighted by molar-refractivity contribution is 0.207. The molecule has 1 aromatic carbocycles. The Morgan fingerprint density at radius 1 is 1.28 bits per heavy atom. The van der Waals surface area contributed by atoms with E-state index in [-0.39, 0.29) is 11.9 Å². The number of hydrogen-bond donors (Lipinski definition) is 0. The highest BCUT2D eigenvalue weighted by Gasteiger charge is 2.27. The molecule has 0 unspecified atom stereocenters. The second kappa shape index (κ2) is 9.24. The summed E-state index contributed by atoms with van der Waals surface area (Å²) in [4.78, 5) is 0. The summed E-state index contributed by atoms with van der Waals surface area (Å²) in [5.74, 6) is 1.03. The molecule has 0 aliphatic carbocycles. The number of aromatic nitrogens is 2. The van der Waals surface area contributed by atoms with E-state index in [0.717, 1.165) is 35.5 Å². The summed E-state index contributed by atoms with van der Waals surface area (Å²) in [7, 11) is 1.62. The number of aryl methyl sites for hydroxylation is 1. The van der Waals surface area contributed by atoms with Gasteiger partial charge in [-0.25, -0.2) is 4.39 Å². The molecule has 3 rings (SSSR count). The van der Waals surface area contributed by atoms with Crippen LogP contribution in [0.25, 0.3) is 5.57 Å². The quantitative estimate of drug-likeness (QED) is 0.422. The van der Waals surface area contributed by atoms with Gasteiger partial charge in [-0.15, -0.1) is 0 Å². The number of allylic oxidation sites excluding steroid dienone is 7. The fraction of sp³-hybridized carbons (Fsp3) is 0.208. The molecule has 0 amide bonds. The average Bonchev–Trinajstić information content (AvgIpc) is 3.31. The lowest BCUT2D eigenvalue weighted by Gasteiger charge is -2.13. The molecule has 4 nitrogen and oxygen atoms in total. The Morgan fingerprint density at radius 3 is 2.66 bits per heavy atom. The molecule has 2 aromatic rings. The van der Waals surface area contributed by atoms with Crippen molar-refractivity contribution in [1.82, 2.24) is 9.78 Å². The number of ether oxygens (including phenoxy) is 2. The van der Waals surface area contributed by atoms with Crippen LogP contribution in [0.4, 0.5) is 4.39 Å². The van der Waals surface area contributed by atoms with E-state index in [4.69, 9.17) is 14.6 Å². The number of benzene rings is 1. The van der Waals surface area contributed by atoms with Crippen LogP contribution in [-0.2, 0) is 11.3 Å². The summed E-state index contributed by atoms with van der Waals surface area (Å²) >= 11 is 0.